The van der Waals surface area contributed by atoms with E-state index in [0.29, 0.717) is 12.1 Å². The fourth-order valence-electron chi connectivity index (χ4n) is 3.21. The first-order chi connectivity index (χ1) is 11.2. The molecule has 24 heavy (non-hydrogen) atoms. The fraction of sp³-hybridized carbons (Fsp3) is 0.533. The van der Waals surface area contributed by atoms with Crippen LogP contribution < -0.4 is 5.32 Å². The van der Waals surface area contributed by atoms with Crippen LogP contribution in [0, 0.1) is 0 Å². The molecule has 6 nitrogen and oxygen atoms in total. The lowest BCUT2D eigenvalue weighted by molar-refractivity contribution is -0.141. The average molecular weight is 341 g/mol. The highest BCUT2D eigenvalue weighted by Crippen LogP contribution is 2.40. The molecule has 0 aliphatic carbocycles. The van der Waals surface area contributed by atoms with Crippen LogP contribution in [0.5, 0.6) is 0 Å². The number of aliphatic hydroxyl groups is 1. The van der Waals surface area contributed by atoms with Gasteiger partial charge in [-0.05, 0) is 31.0 Å². The van der Waals surface area contributed by atoms with E-state index in [-0.39, 0.29) is 24.1 Å². The third-order valence-electron chi connectivity index (χ3n) is 4.24. The molecule has 3 rings (SSSR count). The number of halogens is 3. The summed E-state index contributed by atoms with van der Waals surface area (Å²) in [5.41, 5.74) is -1.54. The molecule has 2 aromatic heterocycles. The molecule has 9 heteroatoms. The number of hydrogen-bond acceptors (Lipinski definition) is 5. The molecule has 130 valence electrons. The van der Waals surface area contributed by atoms with Crippen molar-refractivity contribution >= 4 is 0 Å². The second-order valence-corrected chi connectivity index (χ2v) is 6.30. The van der Waals surface area contributed by atoms with Gasteiger partial charge < -0.3 is 10.4 Å². The number of piperidine rings is 1. The summed E-state index contributed by atoms with van der Waals surface area (Å²) in [5.74, 6) is 0. The Hall–Kier alpha value is -2.00. The Bertz CT molecular complexity index is 732. The van der Waals surface area contributed by atoms with Gasteiger partial charge in [0.25, 0.3) is 0 Å². The summed E-state index contributed by atoms with van der Waals surface area (Å²) >= 11 is 0. The monoisotopic (exact) mass is 341 g/mol. The molecular formula is C15H18F3N5O. The molecular weight excluding hydrogens is 323 g/mol. The van der Waals surface area contributed by atoms with Gasteiger partial charge in [0, 0.05) is 31.9 Å². The van der Waals surface area contributed by atoms with E-state index in [9.17, 15) is 18.3 Å². The second kappa shape index (κ2) is 5.82. The normalized spacial score (nSPS) is 28.1. The van der Waals surface area contributed by atoms with Crippen LogP contribution in [-0.2, 0) is 18.8 Å². The first-order valence-corrected chi connectivity index (χ1v) is 7.56. The summed E-state index contributed by atoms with van der Waals surface area (Å²) in [4.78, 5) is 3.36. The summed E-state index contributed by atoms with van der Waals surface area (Å²) in [6.45, 7) is 1.87. The second-order valence-electron chi connectivity index (χ2n) is 6.30. The van der Waals surface area contributed by atoms with Crippen molar-refractivity contribution in [2.45, 2.75) is 43.6 Å². The van der Waals surface area contributed by atoms with E-state index in [1.807, 2.05) is 6.92 Å². The van der Waals surface area contributed by atoms with Gasteiger partial charge in [0.1, 0.15) is 5.69 Å². The van der Waals surface area contributed by atoms with Crippen LogP contribution in [0.3, 0.4) is 0 Å². The molecule has 0 aromatic carbocycles. The molecule has 0 saturated carbocycles. The molecule has 1 aliphatic rings. The Labute approximate surface area is 136 Å². The minimum atomic E-state index is -4.55. The third-order valence-corrected chi connectivity index (χ3v) is 4.24. The van der Waals surface area contributed by atoms with Crippen molar-refractivity contribution < 1.29 is 18.3 Å². The number of pyridine rings is 1. The molecule has 1 saturated heterocycles. The number of rotatable bonds is 2. The van der Waals surface area contributed by atoms with Crippen LogP contribution in [-0.4, -0.2) is 31.1 Å². The third kappa shape index (κ3) is 3.27. The summed E-state index contributed by atoms with van der Waals surface area (Å²) in [6, 6.07) is 1.96. The van der Waals surface area contributed by atoms with Crippen LogP contribution in [0.2, 0.25) is 0 Å². The quantitative estimate of drug-likeness (QED) is 0.873. The summed E-state index contributed by atoms with van der Waals surface area (Å²) in [7, 11) is 1.73. The van der Waals surface area contributed by atoms with Crippen molar-refractivity contribution in [3.05, 3.63) is 41.5 Å². The average Bonchev–Trinajstić information content (AvgIpc) is 2.92. The zero-order valence-electron chi connectivity index (χ0n) is 13.2. The van der Waals surface area contributed by atoms with Crippen molar-refractivity contribution in [3.8, 4) is 0 Å². The van der Waals surface area contributed by atoms with Gasteiger partial charge in [-0.1, -0.05) is 5.21 Å². The molecule has 1 aliphatic heterocycles. The molecule has 0 spiro atoms. The largest absolute Gasteiger partial charge is 0.433 e. The molecule has 0 unspecified atom stereocenters. The Morgan fingerprint density at radius 1 is 1.38 bits per heavy atom. The fourth-order valence-corrected chi connectivity index (χ4v) is 3.21. The number of alkyl halides is 3. The van der Waals surface area contributed by atoms with Crippen molar-refractivity contribution in [1.82, 2.24) is 25.3 Å². The number of nitrogens with zero attached hydrogens (tertiary/aromatic N) is 4. The maximum Gasteiger partial charge on any atom is 0.433 e. The molecule has 0 bridgehead atoms. The maximum absolute atomic E-state index is 12.9. The molecule has 2 aromatic rings. The van der Waals surface area contributed by atoms with Gasteiger partial charge in [0.05, 0.1) is 17.3 Å². The topological polar surface area (TPSA) is 75.9 Å². The SMILES string of the molecule is C[C@H]1C[C@@](O)(c2ccnc(C(F)(F)F)c2)C[C@@H](c2cn(C)nn2)N1. The van der Waals surface area contributed by atoms with Gasteiger partial charge in [0.2, 0.25) is 0 Å². The van der Waals surface area contributed by atoms with Crippen LogP contribution in [0.15, 0.2) is 24.5 Å². The van der Waals surface area contributed by atoms with E-state index >= 15 is 0 Å². The van der Waals surface area contributed by atoms with Crippen LogP contribution in [0.4, 0.5) is 13.2 Å². The highest BCUT2D eigenvalue weighted by atomic mass is 19.4. The van der Waals surface area contributed by atoms with E-state index < -0.39 is 17.5 Å². The Morgan fingerprint density at radius 3 is 2.75 bits per heavy atom. The lowest BCUT2D eigenvalue weighted by Gasteiger charge is -2.40. The van der Waals surface area contributed by atoms with E-state index in [4.69, 9.17) is 0 Å². The van der Waals surface area contributed by atoms with Gasteiger partial charge in [-0.15, -0.1) is 5.10 Å². The predicted molar refractivity (Wildman–Crippen MR) is 78.7 cm³/mol. The lowest BCUT2D eigenvalue weighted by atomic mass is 9.78. The van der Waals surface area contributed by atoms with Gasteiger partial charge in [-0.2, -0.15) is 13.2 Å². The zero-order valence-corrected chi connectivity index (χ0v) is 13.2. The summed E-state index contributed by atoms with van der Waals surface area (Å²) in [5, 5.41) is 22.3. The van der Waals surface area contributed by atoms with Crippen molar-refractivity contribution in [2.75, 3.05) is 0 Å². The number of aryl methyl sites for hydroxylation is 1. The number of hydrogen-bond donors (Lipinski definition) is 2. The van der Waals surface area contributed by atoms with Crippen LogP contribution >= 0.6 is 0 Å². The molecule has 1 fully saturated rings. The van der Waals surface area contributed by atoms with E-state index in [0.717, 1.165) is 12.3 Å². The van der Waals surface area contributed by atoms with Gasteiger partial charge in [-0.3, -0.25) is 9.67 Å². The van der Waals surface area contributed by atoms with Gasteiger partial charge in [0.15, 0.2) is 0 Å². The predicted octanol–water partition coefficient (Wildman–Crippen LogP) is 1.93. The van der Waals surface area contributed by atoms with Crippen molar-refractivity contribution in [1.29, 1.82) is 0 Å². The molecule has 3 atom stereocenters. The standard InChI is InChI=1S/C15H18F3N5O/c1-9-6-14(24,7-11(20-9)12-8-23(2)22-21-12)10-3-4-19-13(5-10)15(16,17)18/h3-5,8-9,11,20,24H,6-7H2,1-2H3/t9-,11-,14-/m0/s1. The highest BCUT2D eigenvalue weighted by molar-refractivity contribution is 5.27. The minimum absolute atomic E-state index is 0.0988. The van der Waals surface area contributed by atoms with Crippen LogP contribution in [0.1, 0.15) is 42.8 Å². The molecule has 0 amide bonds. The van der Waals surface area contributed by atoms with Crippen molar-refractivity contribution in [3.63, 3.8) is 0 Å². The Kier molecular flexibility index (Phi) is 4.08. The van der Waals surface area contributed by atoms with E-state index in [1.54, 1.807) is 17.9 Å². The first kappa shape index (κ1) is 16.8. The van der Waals surface area contributed by atoms with Gasteiger partial charge >= 0.3 is 6.18 Å². The number of aromatic nitrogens is 4. The summed E-state index contributed by atoms with van der Waals surface area (Å²) < 4.78 is 40.3. The van der Waals surface area contributed by atoms with Crippen molar-refractivity contribution in [2.24, 2.45) is 7.05 Å². The van der Waals surface area contributed by atoms with Gasteiger partial charge in [-0.25, -0.2) is 0 Å². The molecule has 3 heterocycles. The summed E-state index contributed by atoms with van der Waals surface area (Å²) in [6.07, 6.45) is -1.23. The Balaban J connectivity index is 1.93. The van der Waals surface area contributed by atoms with E-state index in [1.165, 1.54) is 6.07 Å². The maximum atomic E-state index is 12.9. The lowest BCUT2D eigenvalue weighted by Crippen LogP contribution is -2.47. The molecule has 2 N–H and O–H groups in total. The number of nitrogens with one attached hydrogen (secondary N) is 1. The minimum Gasteiger partial charge on any atom is -0.385 e. The zero-order chi connectivity index (χ0) is 17.5. The van der Waals surface area contributed by atoms with Crippen LogP contribution in [0.25, 0.3) is 0 Å². The Morgan fingerprint density at radius 2 is 2.12 bits per heavy atom. The first-order valence-electron chi connectivity index (χ1n) is 7.56. The smallest absolute Gasteiger partial charge is 0.385 e. The van der Waals surface area contributed by atoms with E-state index in [2.05, 4.69) is 20.6 Å². The molecule has 0 radical (unpaired) electrons. The highest BCUT2D eigenvalue weighted by Gasteiger charge is 2.42.